The molecule has 0 amide bonds. The molecule has 142 valence electrons. The first-order chi connectivity index (χ1) is 12.5. The molecule has 0 aromatic heterocycles. The van der Waals surface area contributed by atoms with Crippen molar-refractivity contribution in [3.8, 4) is 6.07 Å². The molecule has 0 radical (unpaired) electrons. The third-order valence-corrected chi connectivity index (χ3v) is 4.76. The SMILES string of the molecule is CCCC(N)(C#N)CC/C=C\CCCC1(c2ccc(F)cc2)OCCO1. The highest BCUT2D eigenvalue weighted by Crippen LogP contribution is 2.36. The lowest BCUT2D eigenvalue weighted by Gasteiger charge is -2.27. The van der Waals surface area contributed by atoms with Crippen LogP contribution >= 0.6 is 0 Å². The number of unbranched alkanes of at least 4 members (excludes halogenated alkanes) is 1. The summed E-state index contributed by atoms with van der Waals surface area (Å²) in [5.41, 5.74) is 6.22. The monoisotopic (exact) mass is 360 g/mol. The third kappa shape index (κ3) is 5.63. The quantitative estimate of drug-likeness (QED) is 0.491. The molecule has 0 spiro atoms. The Hall–Kier alpha value is -1.74. The van der Waals surface area contributed by atoms with E-state index in [1.807, 2.05) is 6.92 Å². The highest BCUT2D eigenvalue weighted by atomic mass is 19.1. The van der Waals surface area contributed by atoms with Gasteiger partial charge in [-0.25, -0.2) is 4.39 Å². The van der Waals surface area contributed by atoms with E-state index in [1.165, 1.54) is 12.1 Å². The van der Waals surface area contributed by atoms with Crippen LogP contribution < -0.4 is 5.73 Å². The lowest BCUT2D eigenvalue weighted by atomic mass is 9.91. The Balaban J connectivity index is 1.78. The number of halogens is 1. The lowest BCUT2D eigenvalue weighted by Crippen LogP contribution is -2.37. The van der Waals surface area contributed by atoms with Crippen LogP contribution in [0.5, 0.6) is 0 Å². The van der Waals surface area contributed by atoms with Gasteiger partial charge in [0.2, 0.25) is 0 Å². The highest BCUT2D eigenvalue weighted by Gasteiger charge is 2.37. The fraction of sp³-hybridized carbons (Fsp3) is 0.571. The average Bonchev–Trinajstić information content (AvgIpc) is 3.12. The standard InChI is InChI=1S/C21H29FN2O2/c1-2-12-20(24,17-23)13-6-4-3-5-7-14-21(25-15-16-26-21)18-8-10-19(22)11-9-18/h3-4,8-11H,2,5-7,12-16,24H2,1H3/b4-3-. The largest absolute Gasteiger partial charge is 0.343 e. The molecule has 1 aromatic rings. The fourth-order valence-electron chi connectivity index (χ4n) is 3.33. The van der Waals surface area contributed by atoms with Crippen molar-refractivity contribution in [3.63, 3.8) is 0 Å². The normalized spacial score (nSPS) is 18.7. The van der Waals surface area contributed by atoms with E-state index in [0.29, 0.717) is 19.6 Å². The van der Waals surface area contributed by atoms with Gasteiger partial charge in [-0.15, -0.1) is 0 Å². The van der Waals surface area contributed by atoms with Gasteiger partial charge in [0.1, 0.15) is 11.4 Å². The molecule has 0 bridgehead atoms. The number of rotatable bonds is 10. The molecule has 1 aliphatic rings. The van der Waals surface area contributed by atoms with Crippen LogP contribution in [0.2, 0.25) is 0 Å². The molecule has 1 atom stereocenters. The van der Waals surface area contributed by atoms with Crippen LogP contribution in [0.15, 0.2) is 36.4 Å². The molecule has 5 heteroatoms. The van der Waals surface area contributed by atoms with E-state index in [0.717, 1.165) is 44.1 Å². The second-order valence-electron chi connectivity index (χ2n) is 6.88. The summed E-state index contributed by atoms with van der Waals surface area (Å²) in [6, 6.07) is 8.56. The van der Waals surface area contributed by atoms with Crippen LogP contribution in [0.25, 0.3) is 0 Å². The first-order valence-corrected chi connectivity index (χ1v) is 9.43. The topological polar surface area (TPSA) is 68.3 Å². The maximum absolute atomic E-state index is 13.2. The number of nitrogens with zero attached hydrogens (tertiary/aromatic N) is 1. The number of ether oxygens (including phenoxy) is 2. The van der Waals surface area contributed by atoms with Crippen molar-refractivity contribution < 1.29 is 13.9 Å². The lowest BCUT2D eigenvalue weighted by molar-refractivity contribution is -0.171. The molecule has 1 aliphatic heterocycles. The van der Waals surface area contributed by atoms with Gasteiger partial charge in [0, 0.05) is 12.0 Å². The van der Waals surface area contributed by atoms with Crippen LogP contribution in [-0.2, 0) is 15.3 Å². The Labute approximate surface area is 155 Å². The highest BCUT2D eigenvalue weighted by molar-refractivity contribution is 5.22. The predicted molar refractivity (Wildman–Crippen MR) is 99.6 cm³/mol. The van der Waals surface area contributed by atoms with Crippen LogP contribution in [-0.4, -0.2) is 18.8 Å². The van der Waals surface area contributed by atoms with E-state index >= 15 is 0 Å². The number of hydrogen-bond donors (Lipinski definition) is 1. The molecular formula is C21H29FN2O2. The molecule has 1 unspecified atom stereocenters. The van der Waals surface area contributed by atoms with Gasteiger partial charge in [0.05, 0.1) is 19.3 Å². The minimum Gasteiger partial charge on any atom is -0.343 e. The van der Waals surface area contributed by atoms with Crippen molar-refractivity contribution in [2.45, 2.75) is 63.2 Å². The van der Waals surface area contributed by atoms with Gasteiger partial charge in [-0.1, -0.05) is 37.6 Å². The van der Waals surface area contributed by atoms with Crippen molar-refractivity contribution >= 4 is 0 Å². The van der Waals surface area contributed by atoms with E-state index in [1.54, 1.807) is 12.1 Å². The summed E-state index contributed by atoms with van der Waals surface area (Å²) in [6.45, 7) is 3.15. The van der Waals surface area contributed by atoms with E-state index in [4.69, 9.17) is 15.2 Å². The Kier molecular flexibility index (Phi) is 7.77. The van der Waals surface area contributed by atoms with Crippen LogP contribution in [0.3, 0.4) is 0 Å². The van der Waals surface area contributed by atoms with Gasteiger partial charge in [0.25, 0.3) is 0 Å². The summed E-state index contributed by atoms with van der Waals surface area (Å²) in [7, 11) is 0. The van der Waals surface area contributed by atoms with Gasteiger partial charge in [-0.3, -0.25) is 0 Å². The Morgan fingerprint density at radius 2 is 1.85 bits per heavy atom. The number of benzene rings is 1. The zero-order chi connectivity index (χ0) is 18.9. The zero-order valence-corrected chi connectivity index (χ0v) is 15.5. The summed E-state index contributed by atoms with van der Waals surface area (Å²) in [5, 5.41) is 9.18. The van der Waals surface area contributed by atoms with Crippen LogP contribution in [0, 0.1) is 17.1 Å². The average molecular weight is 360 g/mol. The number of hydrogen-bond acceptors (Lipinski definition) is 4. The van der Waals surface area contributed by atoms with Crippen LogP contribution in [0.1, 0.15) is 57.4 Å². The smallest absolute Gasteiger partial charge is 0.194 e. The van der Waals surface area contributed by atoms with E-state index in [2.05, 4.69) is 18.2 Å². The van der Waals surface area contributed by atoms with E-state index in [-0.39, 0.29) is 5.82 Å². The number of nitrogens with two attached hydrogens (primary N) is 1. The summed E-state index contributed by atoms with van der Waals surface area (Å²) < 4.78 is 24.9. The van der Waals surface area contributed by atoms with Gasteiger partial charge in [-0.2, -0.15) is 5.26 Å². The molecule has 2 N–H and O–H groups in total. The van der Waals surface area contributed by atoms with Gasteiger partial charge in [0.15, 0.2) is 5.79 Å². The molecule has 4 nitrogen and oxygen atoms in total. The molecule has 1 aromatic carbocycles. The molecule has 1 saturated heterocycles. The molecule has 0 aliphatic carbocycles. The third-order valence-electron chi connectivity index (χ3n) is 4.76. The maximum Gasteiger partial charge on any atom is 0.194 e. The second-order valence-corrected chi connectivity index (χ2v) is 6.88. The number of nitriles is 1. The summed E-state index contributed by atoms with van der Waals surface area (Å²) in [4.78, 5) is 0. The Morgan fingerprint density at radius 1 is 1.19 bits per heavy atom. The van der Waals surface area contributed by atoms with E-state index in [9.17, 15) is 9.65 Å². The molecule has 1 fully saturated rings. The van der Waals surface area contributed by atoms with Crippen molar-refractivity contribution in [1.29, 1.82) is 5.26 Å². The van der Waals surface area contributed by atoms with Crippen molar-refractivity contribution in [2.24, 2.45) is 5.73 Å². The summed E-state index contributed by atoms with van der Waals surface area (Å²) in [5.74, 6) is -1.02. The Morgan fingerprint density at radius 3 is 2.46 bits per heavy atom. The van der Waals surface area contributed by atoms with E-state index < -0.39 is 11.3 Å². The second kappa shape index (κ2) is 9.82. The molecule has 0 saturated carbocycles. The Bertz CT molecular complexity index is 618. The number of allylic oxidation sites excluding steroid dienone is 2. The van der Waals surface area contributed by atoms with Crippen molar-refractivity contribution in [2.75, 3.05) is 13.2 Å². The van der Waals surface area contributed by atoms with Crippen molar-refractivity contribution in [1.82, 2.24) is 0 Å². The fourth-order valence-corrected chi connectivity index (χ4v) is 3.33. The van der Waals surface area contributed by atoms with Crippen molar-refractivity contribution in [3.05, 3.63) is 47.8 Å². The van der Waals surface area contributed by atoms with Gasteiger partial charge < -0.3 is 15.2 Å². The first-order valence-electron chi connectivity index (χ1n) is 9.43. The maximum atomic E-state index is 13.2. The molecule has 1 heterocycles. The minimum atomic E-state index is -0.754. The van der Waals surface area contributed by atoms with Crippen LogP contribution in [0.4, 0.5) is 4.39 Å². The molecular weight excluding hydrogens is 331 g/mol. The first kappa shape index (κ1) is 20.6. The van der Waals surface area contributed by atoms with Gasteiger partial charge >= 0.3 is 0 Å². The molecule has 2 rings (SSSR count). The minimum absolute atomic E-state index is 0.263. The summed E-state index contributed by atoms with van der Waals surface area (Å²) >= 11 is 0. The van der Waals surface area contributed by atoms with Gasteiger partial charge in [-0.05, 0) is 44.2 Å². The summed E-state index contributed by atoms with van der Waals surface area (Å²) in [6.07, 6.45) is 9.86. The predicted octanol–water partition coefficient (Wildman–Crippen LogP) is 4.55. The zero-order valence-electron chi connectivity index (χ0n) is 15.5. The molecule has 26 heavy (non-hydrogen) atoms.